The summed E-state index contributed by atoms with van der Waals surface area (Å²) in [7, 11) is 0. The normalized spacial score (nSPS) is 14.8. The van der Waals surface area contributed by atoms with Gasteiger partial charge in [0.05, 0.1) is 6.04 Å². The van der Waals surface area contributed by atoms with E-state index in [2.05, 4.69) is 5.92 Å². The second-order valence-corrected chi connectivity index (χ2v) is 2.55. The van der Waals surface area contributed by atoms with Gasteiger partial charge in [-0.2, -0.15) is 0 Å². The van der Waals surface area contributed by atoms with Crippen molar-refractivity contribution in [2.45, 2.75) is 12.1 Å². The fraction of sp³-hybridized carbons (Fsp3) is 0.200. The van der Waals surface area contributed by atoms with E-state index in [-0.39, 0.29) is 0 Å². The second-order valence-electron chi connectivity index (χ2n) is 2.55. The average Bonchev–Trinajstić information content (AvgIpc) is 2.17. The number of terminal acetylenes is 1. The summed E-state index contributed by atoms with van der Waals surface area (Å²) in [6.45, 7) is 0. The molecule has 0 amide bonds. The molecule has 2 unspecified atom stereocenters. The maximum atomic E-state index is 9.22. The molecule has 0 aliphatic rings. The maximum Gasteiger partial charge on any atom is 0.133 e. The second kappa shape index (κ2) is 3.91. The molecule has 0 aliphatic carbocycles. The van der Waals surface area contributed by atoms with Crippen LogP contribution in [0.3, 0.4) is 0 Å². The van der Waals surface area contributed by atoms with Crippen molar-refractivity contribution in [3.63, 3.8) is 0 Å². The predicted molar refractivity (Wildman–Crippen MR) is 48.2 cm³/mol. The molecule has 2 heteroatoms. The Balaban J connectivity index is 2.80. The Morgan fingerprint density at radius 3 is 2.42 bits per heavy atom. The molecule has 0 fully saturated rings. The summed E-state index contributed by atoms with van der Waals surface area (Å²) in [6.07, 6.45) is 4.12. The number of hydrogen-bond acceptors (Lipinski definition) is 2. The highest BCUT2D eigenvalue weighted by Crippen LogP contribution is 2.12. The van der Waals surface area contributed by atoms with Gasteiger partial charge in [0.1, 0.15) is 6.10 Å². The van der Waals surface area contributed by atoms with Gasteiger partial charge in [-0.15, -0.1) is 6.42 Å². The van der Waals surface area contributed by atoms with Crippen molar-refractivity contribution in [1.82, 2.24) is 0 Å². The molecule has 12 heavy (non-hydrogen) atoms. The van der Waals surface area contributed by atoms with Gasteiger partial charge in [0.25, 0.3) is 0 Å². The zero-order chi connectivity index (χ0) is 8.97. The Kier molecular flexibility index (Phi) is 2.87. The first kappa shape index (κ1) is 8.79. The van der Waals surface area contributed by atoms with Gasteiger partial charge in [-0.25, -0.2) is 0 Å². The smallest absolute Gasteiger partial charge is 0.133 e. The minimum atomic E-state index is -0.910. The molecule has 0 aliphatic heterocycles. The summed E-state index contributed by atoms with van der Waals surface area (Å²) in [5.74, 6) is 2.19. The third-order valence-corrected chi connectivity index (χ3v) is 1.70. The van der Waals surface area contributed by atoms with Crippen LogP contribution in [0.5, 0.6) is 0 Å². The molecule has 62 valence electrons. The highest BCUT2D eigenvalue weighted by Gasteiger charge is 2.12. The zero-order valence-corrected chi connectivity index (χ0v) is 6.64. The van der Waals surface area contributed by atoms with Crippen molar-refractivity contribution in [2.24, 2.45) is 5.73 Å². The van der Waals surface area contributed by atoms with Crippen LogP contribution in [-0.2, 0) is 0 Å². The van der Waals surface area contributed by atoms with Gasteiger partial charge in [-0.3, -0.25) is 0 Å². The third-order valence-electron chi connectivity index (χ3n) is 1.70. The fourth-order valence-electron chi connectivity index (χ4n) is 0.961. The van der Waals surface area contributed by atoms with Gasteiger partial charge in [0, 0.05) is 0 Å². The molecule has 0 saturated carbocycles. The fourth-order valence-corrected chi connectivity index (χ4v) is 0.961. The molecule has 0 radical (unpaired) electrons. The molecule has 0 aromatic heterocycles. The van der Waals surface area contributed by atoms with Crippen LogP contribution < -0.4 is 5.73 Å². The zero-order valence-electron chi connectivity index (χ0n) is 6.64. The molecule has 1 aromatic rings. The largest absolute Gasteiger partial charge is 0.378 e. The number of rotatable bonds is 2. The molecule has 1 aromatic carbocycles. The molecule has 0 bridgehead atoms. The average molecular weight is 161 g/mol. The third kappa shape index (κ3) is 1.85. The first-order valence-corrected chi connectivity index (χ1v) is 3.70. The maximum absolute atomic E-state index is 9.22. The van der Waals surface area contributed by atoms with E-state index in [9.17, 15) is 5.11 Å². The summed E-state index contributed by atoms with van der Waals surface area (Å²) >= 11 is 0. The van der Waals surface area contributed by atoms with Gasteiger partial charge in [-0.1, -0.05) is 36.3 Å². The molecule has 0 saturated heterocycles. The van der Waals surface area contributed by atoms with Crippen LogP contribution in [0.4, 0.5) is 0 Å². The van der Waals surface area contributed by atoms with E-state index in [4.69, 9.17) is 12.2 Å². The van der Waals surface area contributed by atoms with Crippen LogP contribution in [0.25, 0.3) is 0 Å². The molecule has 2 nitrogen and oxygen atoms in total. The first-order chi connectivity index (χ1) is 5.75. The summed E-state index contributed by atoms with van der Waals surface area (Å²) in [5.41, 5.74) is 6.51. The highest BCUT2D eigenvalue weighted by molar-refractivity contribution is 5.22. The van der Waals surface area contributed by atoms with Gasteiger partial charge in [-0.05, 0) is 5.56 Å². The lowest BCUT2D eigenvalue weighted by molar-refractivity contribution is 0.201. The van der Waals surface area contributed by atoms with E-state index in [0.717, 1.165) is 5.56 Å². The van der Waals surface area contributed by atoms with Crippen LogP contribution >= 0.6 is 0 Å². The van der Waals surface area contributed by atoms with Crippen molar-refractivity contribution in [3.05, 3.63) is 35.9 Å². The van der Waals surface area contributed by atoms with Crippen molar-refractivity contribution < 1.29 is 5.11 Å². The number of hydrogen-bond donors (Lipinski definition) is 2. The van der Waals surface area contributed by atoms with Crippen molar-refractivity contribution >= 4 is 0 Å². The monoisotopic (exact) mass is 161 g/mol. The van der Waals surface area contributed by atoms with Crippen molar-refractivity contribution in [1.29, 1.82) is 0 Å². The van der Waals surface area contributed by atoms with Gasteiger partial charge in [0.15, 0.2) is 0 Å². The number of nitrogens with two attached hydrogens (primary N) is 1. The van der Waals surface area contributed by atoms with E-state index < -0.39 is 12.1 Å². The Morgan fingerprint density at radius 2 is 1.92 bits per heavy atom. The molecular weight excluding hydrogens is 150 g/mol. The lowest BCUT2D eigenvalue weighted by atomic mass is 10.0. The molecule has 0 heterocycles. The Hall–Kier alpha value is -1.30. The summed E-state index contributed by atoms with van der Waals surface area (Å²) in [6, 6.07) is 8.79. The summed E-state index contributed by atoms with van der Waals surface area (Å²) < 4.78 is 0. The van der Waals surface area contributed by atoms with E-state index in [1.165, 1.54) is 0 Å². The van der Waals surface area contributed by atoms with Gasteiger partial charge < -0.3 is 10.8 Å². The number of benzene rings is 1. The summed E-state index contributed by atoms with van der Waals surface area (Å²) in [5, 5.41) is 9.22. The van der Waals surface area contributed by atoms with Crippen LogP contribution in [0, 0.1) is 12.3 Å². The minimum Gasteiger partial charge on any atom is -0.378 e. The molecular formula is C10H11NO. The standard InChI is InChI=1S/C10H11NO/c1-2-9(12)10(11)8-6-4-3-5-7-8/h1,3-7,9-10,12H,11H2. The van der Waals surface area contributed by atoms with E-state index >= 15 is 0 Å². The van der Waals surface area contributed by atoms with Crippen molar-refractivity contribution in [3.8, 4) is 12.3 Å². The van der Waals surface area contributed by atoms with Crippen LogP contribution in [0.1, 0.15) is 11.6 Å². The van der Waals surface area contributed by atoms with Crippen LogP contribution in [0.2, 0.25) is 0 Å². The molecule has 2 atom stereocenters. The highest BCUT2D eigenvalue weighted by atomic mass is 16.3. The van der Waals surface area contributed by atoms with Crippen LogP contribution in [0.15, 0.2) is 30.3 Å². The molecule has 3 N–H and O–H groups in total. The van der Waals surface area contributed by atoms with Gasteiger partial charge in [0.2, 0.25) is 0 Å². The molecule has 1 rings (SSSR count). The lowest BCUT2D eigenvalue weighted by Gasteiger charge is -2.13. The summed E-state index contributed by atoms with van der Waals surface area (Å²) in [4.78, 5) is 0. The Bertz CT molecular complexity index is 276. The number of aliphatic hydroxyl groups excluding tert-OH is 1. The number of aliphatic hydroxyl groups is 1. The van der Waals surface area contributed by atoms with Gasteiger partial charge >= 0.3 is 0 Å². The van der Waals surface area contributed by atoms with E-state index in [1.807, 2.05) is 30.3 Å². The van der Waals surface area contributed by atoms with Crippen LogP contribution in [-0.4, -0.2) is 11.2 Å². The minimum absolute atomic E-state index is 0.490. The Morgan fingerprint density at radius 1 is 1.33 bits per heavy atom. The first-order valence-electron chi connectivity index (χ1n) is 3.70. The SMILES string of the molecule is C#CC(O)C(N)c1ccccc1. The van der Waals surface area contributed by atoms with E-state index in [0.29, 0.717) is 0 Å². The predicted octanol–water partition coefficient (Wildman–Crippen LogP) is 0.681. The van der Waals surface area contributed by atoms with E-state index in [1.54, 1.807) is 0 Å². The quantitative estimate of drug-likeness (QED) is 0.626. The lowest BCUT2D eigenvalue weighted by Crippen LogP contribution is -2.24. The molecule has 0 spiro atoms. The Labute approximate surface area is 72.0 Å². The van der Waals surface area contributed by atoms with Crippen molar-refractivity contribution in [2.75, 3.05) is 0 Å². The topological polar surface area (TPSA) is 46.2 Å².